The summed E-state index contributed by atoms with van der Waals surface area (Å²) < 4.78 is 0. The summed E-state index contributed by atoms with van der Waals surface area (Å²) in [7, 11) is 0. The molecular weight excluding hydrogens is 149 g/mol. The molecule has 0 aromatic heterocycles. The molecule has 23 valence electrons. The third-order valence-corrected chi connectivity index (χ3v) is 0. The Kier molecular flexibility index (Phi) is 21.0. The van der Waals surface area contributed by atoms with Crippen LogP contribution in [0.3, 0.4) is 0 Å². The molecule has 0 fully saturated rings. The fourth-order valence-corrected chi connectivity index (χ4v) is 0. The zero-order chi connectivity index (χ0) is 2.71. The van der Waals surface area contributed by atoms with E-state index in [0.717, 1.165) is 0 Å². The first-order valence-electron chi connectivity index (χ1n) is 0.366. The van der Waals surface area contributed by atoms with Gasteiger partial charge in [-0.05, 0) is 0 Å². The maximum absolute atomic E-state index is 3.43. The minimum atomic E-state index is 0. The molecule has 0 aliphatic carbocycles. The molecule has 0 aromatic carbocycles. The van der Waals surface area contributed by atoms with E-state index in [2.05, 4.69) is 31.1 Å². The van der Waals surface area contributed by atoms with Crippen LogP contribution in [0.5, 0.6) is 0 Å². The maximum atomic E-state index is 3.43. The number of rotatable bonds is 0. The van der Waals surface area contributed by atoms with Crippen LogP contribution in [0.4, 0.5) is 0 Å². The summed E-state index contributed by atoms with van der Waals surface area (Å²) in [6.45, 7) is 0. The van der Waals surface area contributed by atoms with Crippen LogP contribution in [0.15, 0.2) is 0 Å². The van der Waals surface area contributed by atoms with Gasteiger partial charge in [-0.3, -0.25) is 0 Å². The summed E-state index contributed by atoms with van der Waals surface area (Å²) in [6, 6.07) is 0. The summed E-state index contributed by atoms with van der Waals surface area (Å²) >= 11 is 6.49. The molecule has 0 aliphatic rings. The van der Waals surface area contributed by atoms with Gasteiger partial charge in [-0.2, -0.15) is 0 Å². The van der Waals surface area contributed by atoms with Gasteiger partial charge in [0.25, 0.3) is 0 Å². The summed E-state index contributed by atoms with van der Waals surface area (Å²) in [4.78, 5) is 0. The Morgan fingerprint density at radius 3 is 1.75 bits per heavy atom. The number of hydrogen-bond donors (Lipinski definition) is 0. The molecule has 4 heteroatoms. The van der Waals surface area contributed by atoms with Crippen molar-refractivity contribution in [2.75, 3.05) is 0 Å². The molecule has 0 radical (unpaired) electrons. The van der Waals surface area contributed by atoms with E-state index in [9.17, 15) is 0 Å². The summed E-state index contributed by atoms with van der Waals surface area (Å²) in [5.74, 6) is 0.646. The van der Waals surface area contributed by atoms with Crippen LogP contribution in [0.2, 0.25) is 0 Å². The van der Waals surface area contributed by atoms with Gasteiger partial charge < -0.3 is 0 Å². The summed E-state index contributed by atoms with van der Waals surface area (Å²) in [5, 5.41) is 0. The third-order valence-electron chi connectivity index (χ3n) is 0. The Morgan fingerprint density at radius 2 is 1.75 bits per heavy atom. The van der Waals surface area contributed by atoms with Gasteiger partial charge in [-0.15, -0.1) is 0 Å². The van der Waals surface area contributed by atoms with Crippen LogP contribution in [0.25, 0.3) is 0 Å². The first-order chi connectivity index (χ1) is 1.41. The van der Waals surface area contributed by atoms with Gasteiger partial charge in [0.15, 0.2) is 0 Å². The number of hydrogen-bond acceptors (Lipinski definition) is 0. The third kappa shape index (κ3) is 8.95. The molecule has 0 rings (SSSR count). The van der Waals surface area contributed by atoms with Crippen molar-refractivity contribution < 1.29 is 31.1 Å². The second-order valence-electron chi connectivity index (χ2n) is 0.0668. The molecule has 0 saturated carbocycles. The molecule has 1 unspecified atom stereocenters. The van der Waals surface area contributed by atoms with Crippen molar-refractivity contribution in [2.24, 2.45) is 0 Å². The van der Waals surface area contributed by atoms with Gasteiger partial charge in [0.2, 0.25) is 0 Å². The molecule has 1 atom stereocenters. The van der Waals surface area contributed by atoms with Crippen LogP contribution < -0.4 is 0 Å². The first-order valence-corrected chi connectivity index (χ1v) is 4.52. The molecule has 0 nitrogen and oxygen atoms in total. The molecular formula is H2FeLiMnP. The van der Waals surface area contributed by atoms with E-state index in [0.29, 0.717) is 5.96 Å². The van der Waals surface area contributed by atoms with Gasteiger partial charge >= 0.3 is 56.0 Å². The van der Waals surface area contributed by atoms with E-state index in [1.54, 1.807) is 0 Å². The fraction of sp³-hybridized carbons (Fsp3) is 0. The molecule has 0 heterocycles. The van der Waals surface area contributed by atoms with Crippen LogP contribution in [-0.4, -0.2) is 18.9 Å². The van der Waals surface area contributed by atoms with Crippen LogP contribution in [-0.2, 0) is 31.1 Å². The quantitative estimate of drug-likeness (QED) is 0.336. The zero-order valence-electron chi connectivity index (χ0n) is 1.23. The van der Waals surface area contributed by atoms with E-state index < -0.39 is 0 Å². The van der Waals surface area contributed by atoms with Crippen molar-refractivity contribution in [3.05, 3.63) is 0 Å². The molecule has 4 heavy (non-hydrogen) atoms. The fourth-order valence-electron chi connectivity index (χ4n) is 0. The molecule has 0 saturated heterocycles. The Morgan fingerprint density at radius 1 is 1.75 bits per heavy atom. The Labute approximate surface area is 55.7 Å². The van der Waals surface area contributed by atoms with E-state index in [-0.39, 0.29) is 18.9 Å². The van der Waals surface area contributed by atoms with Gasteiger partial charge in [-0.1, -0.05) is 0 Å². The Bertz CT molecular complexity index is 8.00. The van der Waals surface area contributed by atoms with E-state index >= 15 is 0 Å². The SMILES string of the molecule is [LiH].[Mn][PH][Fe]. The molecule has 0 aromatic rings. The minimum absolute atomic E-state index is 0. The van der Waals surface area contributed by atoms with Gasteiger partial charge in [-0.25, -0.2) is 0 Å². The van der Waals surface area contributed by atoms with Crippen molar-refractivity contribution in [2.45, 2.75) is 0 Å². The van der Waals surface area contributed by atoms with Crippen LogP contribution in [0.1, 0.15) is 0 Å². The molecule has 0 N–H and O–H groups in total. The second-order valence-corrected chi connectivity index (χ2v) is 3.41. The van der Waals surface area contributed by atoms with Crippen molar-refractivity contribution in [1.29, 1.82) is 0 Å². The average Bonchev–Trinajstić information content (AvgIpc) is 0.918. The topological polar surface area (TPSA) is 0 Å². The summed E-state index contributed by atoms with van der Waals surface area (Å²) in [5.41, 5.74) is 0. The predicted octanol–water partition coefficient (Wildman–Crippen LogP) is -0.0600. The van der Waals surface area contributed by atoms with Crippen molar-refractivity contribution >= 4 is 24.8 Å². The van der Waals surface area contributed by atoms with Gasteiger partial charge in [0.1, 0.15) is 0 Å². The Hall–Kier alpha value is 2.07. The van der Waals surface area contributed by atoms with Crippen LogP contribution >= 0.6 is 5.96 Å². The van der Waals surface area contributed by atoms with E-state index in [1.807, 2.05) is 0 Å². The van der Waals surface area contributed by atoms with Crippen molar-refractivity contribution in [3.8, 4) is 0 Å². The second kappa shape index (κ2) is 8.91. The Balaban J connectivity index is 0. The normalized spacial score (nSPS) is 7.50. The van der Waals surface area contributed by atoms with Crippen molar-refractivity contribution in [3.63, 3.8) is 0 Å². The van der Waals surface area contributed by atoms with Crippen LogP contribution in [0, 0.1) is 0 Å². The van der Waals surface area contributed by atoms with E-state index in [1.165, 1.54) is 0 Å². The molecule has 0 aliphatic heterocycles. The van der Waals surface area contributed by atoms with Crippen molar-refractivity contribution in [1.82, 2.24) is 0 Å². The first kappa shape index (κ1) is 9.42. The predicted molar refractivity (Wildman–Crippen MR) is 15.5 cm³/mol. The average molecular weight is 151 g/mol. The molecule has 0 amide bonds. The summed E-state index contributed by atoms with van der Waals surface area (Å²) in [6.07, 6.45) is 0. The van der Waals surface area contributed by atoms with Gasteiger partial charge in [0.05, 0.1) is 0 Å². The van der Waals surface area contributed by atoms with Gasteiger partial charge in [0, 0.05) is 0 Å². The zero-order valence-corrected chi connectivity index (χ0v) is 4.52. The standard InChI is InChI=1S/Fe.Li.Mn.HP.H/h;;;1H;. The molecule has 0 bridgehead atoms. The molecule has 0 spiro atoms. The monoisotopic (exact) mass is 151 g/mol. The van der Waals surface area contributed by atoms with E-state index in [4.69, 9.17) is 0 Å².